The Hall–Kier alpha value is -4.08. The molecule has 148 valence electrons. The molecule has 0 atom stereocenters. The number of benzene rings is 1. The van der Waals surface area contributed by atoms with E-state index in [0.29, 0.717) is 5.65 Å². The van der Waals surface area contributed by atoms with Gasteiger partial charge >= 0.3 is 11.9 Å². The summed E-state index contributed by atoms with van der Waals surface area (Å²) in [6.45, 7) is 1.51. The van der Waals surface area contributed by atoms with Crippen molar-refractivity contribution >= 4 is 23.3 Å². The number of pyridine rings is 1. The maximum Gasteiger partial charge on any atom is 0.338 e. The fourth-order valence-electron chi connectivity index (χ4n) is 2.63. The number of hydrogen-bond donors (Lipinski definition) is 0. The molecule has 10 heteroatoms. The standard InChI is InChI=1S/C19H15N3O7/c1-11-3-4-16-20-14(8-17(23)21(16)9-11)10-29-19(25)13-5-12(18(24)28-2)6-15(7-13)22(26)27/h3-9H,10H2,1-2H3. The van der Waals surface area contributed by atoms with Crippen molar-refractivity contribution in [3.8, 4) is 0 Å². The quantitative estimate of drug-likeness (QED) is 0.363. The fraction of sp³-hybridized carbons (Fsp3) is 0.158. The van der Waals surface area contributed by atoms with Gasteiger partial charge in [0.25, 0.3) is 11.2 Å². The van der Waals surface area contributed by atoms with Crippen LogP contribution in [0.4, 0.5) is 5.69 Å². The normalized spacial score (nSPS) is 10.6. The summed E-state index contributed by atoms with van der Waals surface area (Å²) in [4.78, 5) is 50.8. The highest BCUT2D eigenvalue weighted by Gasteiger charge is 2.19. The second-order valence-electron chi connectivity index (χ2n) is 6.11. The number of methoxy groups -OCH3 is 1. The van der Waals surface area contributed by atoms with E-state index in [9.17, 15) is 24.5 Å². The van der Waals surface area contributed by atoms with Crippen LogP contribution in [-0.4, -0.2) is 33.4 Å². The van der Waals surface area contributed by atoms with Gasteiger partial charge in [0.1, 0.15) is 12.3 Å². The van der Waals surface area contributed by atoms with E-state index in [1.54, 1.807) is 18.3 Å². The van der Waals surface area contributed by atoms with Gasteiger partial charge in [-0.25, -0.2) is 14.6 Å². The minimum Gasteiger partial charge on any atom is -0.465 e. The molecule has 0 spiro atoms. The van der Waals surface area contributed by atoms with E-state index in [1.165, 1.54) is 10.5 Å². The second kappa shape index (κ2) is 7.89. The molecule has 2 heterocycles. The number of hydrogen-bond acceptors (Lipinski definition) is 8. The molecule has 0 bridgehead atoms. The first-order valence-corrected chi connectivity index (χ1v) is 8.32. The van der Waals surface area contributed by atoms with E-state index >= 15 is 0 Å². The van der Waals surface area contributed by atoms with Gasteiger partial charge < -0.3 is 9.47 Å². The monoisotopic (exact) mass is 397 g/mol. The second-order valence-corrected chi connectivity index (χ2v) is 6.11. The third kappa shape index (κ3) is 4.26. The summed E-state index contributed by atoms with van der Waals surface area (Å²) in [5.41, 5.74) is 0.320. The zero-order valence-corrected chi connectivity index (χ0v) is 15.4. The highest BCUT2D eigenvalue weighted by molar-refractivity contribution is 5.96. The lowest BCUT2D eigenvalue weighted by molar-refractivity contribution is -0.384. The van der Waals surface area contributed by atoms with Crippen LogP contribution in [0.3, 0.4) is 0 Å². The predicted octanol–water partition coefficient (Wildman–Crippen LogP) is 2.05. The third-order valence-electron chi connectivity index (χ3n) is 4.00. The lowest BCUT2D eigenvalue weighted by Gasteiger charge is -2.07. The summed E-state index contributed by atoms with van der Waals surface area (Å²) in [6.07, 6.45) is 1.64. The molecule has 0 fully saturated rings. The molecule has 0 aliphatic heterocycles. The molecule has 0 aliphatic carbocycles. The van der Waals surface area contributed by atoms with E-state index in [-0.39, 0.29) is 29.0 Å². The number of aryl methyl sites for hydroxylation is 1. The molecule has 0 N–H and O–H groups in total. The largest absolute Gasteiger partial charge is 0.465 e. The molecule has 0 saturated carbocycles. The SMILES string of the molecule is COC(=O)c1cc(C(=O)OCc2cc(=O)n3cc(C)ccc3n2)cc([N+](=O)[O-])c1. The van der Waals surface area contributed by atoms with Crippen LogP contribution in [0, 0.1) is 17.0 Å². The summed E-state index contributed by atoms with van der Waals surface area (Å²) in [7, 11) is 1.12. The topological polar surface area (TPSA) is 130 Å². The van der Waals surface area contributed by atoms with Crippen LogP contribution in [0.1, 0.15) is 32.0 Å². The van der Waals surface area contributed by atoms with Crippen LogP contribution in [0.5, 0.6) is 0 Å². The van der Waals surface area contributed by atoms with Crippen LogP contribution < -0.4 is 5.56 Å². The molecule has 0 saturated heterocycles. The number of aromatic nitrogens is 2. The Morgan fingerprint density at radius 2 is 1.83 bits per heavy atom. The Kier molecular flexibility index (Phi) is 5.35. The van der Waals surface area contributed by atoms with Crippen molar-refractivity contribution in [2.24, 2.45) is 0 Å². The van der Waals surface area contributed by atoms with Gasteiger partial charge in [-0.1, -0.05) is 6.07 Å². The van der Waals surface area contributed by atoms with Gasteiger partial charge in [0.15, 0.2) is 0 Å². The van der Waals surface area contributed by atoms with Crippen molar-refractivity contribution in [1.29, 1.82) is 0 Å². The van der Waals surface area contributed by atoms with Gasteiger partial charge in [-0.3, -0.25) is 19.3 Å². The Labute approximate surface area is 163 Å². The maximum atomic E-state index is 12.3. The highest BCUT2D eigenvalue weighted by atomic mass is 16.6. The lowest BCUT2D eigenvalue weighted by atomic mass is 10.1. The van der Waals surface area contributed by atoms with Gasteiger partial charge in [-0.15, -0.1) is 0 Å². The number of nitro groups is 1. The number of rotatable bonds is 5. The van der Waals surface area contributed by atoms with Gasteiger partial charge in [0.2, 0.25) is 0 Å². The highest BCUT2D eigenvalue weighted by Crippen LogP contribution is 2.19. The van der Waals surface area contributed by atoms with Gasteiger partial charge in [-0.2, -0.15) is 0 Å². The number of carbonyl (C=O) groups is 2. The average molecular weight is 397 g/mol. The minimum absolute atomic E-state index is 0.161. The van der Waals surface area contributed by atoms with Gasteiger partial charge in [0.05, 0.1) is 28.9 Å². The Morgan fingerprint density at radius 3 is 2.48 bits per heavy atom. The molecular formula is C19H15N3O7. The minimum atomic E-state index is -0.912. The lowest BCUT2D eigenvalue weighted by Crippen LogP contribution is -2.17. The number of carbonyl (C=O) groups excluding carboxylic acids is 2. The molecule has 0 amide bonds. The summed E-state index contributed by atoms with van der Waals surface area (Å²) >= 11 is 0. The number of nitro benzene ring substituents is 1. The van der Waals surface area contributed by atoms with E-state index in [2.05, 4.69) is 9.72 Å². The summed E-state index contributed by atoms with van der Waals surface area (Å²) < 4.78 is 11.0. The van der Waals surface area contributed by atoms with Crippen molar-refractivity contribution < 1.29 is 24.0 Å². The van der Waals surface area contributed by atoms with E-state index < -0.39 is 22.5 Å². The van der Waals surface area contributed by atoms with Crippen molar-refractivity contribution in [1.82, 2.24) is 9.38 Å². The first-order valence-electron chi connectivity index (χ1n) is 8.32. The predicted molar refractivity (Wildman–Crippen MR) is 99.8 cm³/mol. The van der Waals surface area contributed by atoms with Crippen LogP contribution in [0.15, 0.2) is 47.4 Å². The molecule has 2 aromatic heterocycles. The first-order chi connectivity index (χ1) is 13.8. The summed E-state index contributed by atoms with van der Waals surface area (Å²) in [6, 6.07) is 7.79. The molecule has 1 aromatic carbocycles. The summed E-state index contributed by atoms with van der Waals surface area (Å²) in [5.74, 6) is -1.74. The van der Waals surface area contributed by atoms with Gasteiger partial charge in [-0.05, 0) is 24.6 Å². The van der Waals surface area contributed by atoms with Crippen molar-refractivity contribution in [3.05, 3.63) is 85.4 Å². The smallest absolute Gasteiger partial charge is 0.338 e. The number of non-ortho nitro benzene ring substituents is 1. The Morgan fingerprint density at radius 1 is 1.14 bits per heavy atom. The Balaban J connectivity index is 1.85. The number of nitrogens with zero attached hydrogens (tertiary/aromatic N) is 3. The third-order valence-corrected chi connectivity index (χ3v) is 4.00. The zero-order valence-electron chi connectivity index (χ0n) is 15.4. The van der Waals surface area contributed by atoms with Crippen molar-refractivity contribution in [2.75, 3.05) is 7.11 Å². The number of fused-ring (bicyclic) bond motifs is 1. The molecule has 3 aromatic rings. The van der Waals surface area contributed by atoms with E-state index in [1.807, 2.05) is 6.92 Å². The van der Waals surface area contributed by atoms with Crippen LogP contribution >= 0.6 is 0 Å². The number of ether oxygens (including phenoxy) is 2. The average Bonchev–Trinajstić information content (AvgIpc) is 2.71. The molecule has 29 heavy (non-hydrogen) atoms. The number of esters is 2. The first kappa shape index (κ1) is 19.7. The van der Waals surface area contributed by atoms with Gasteiger partial charge in [0, 0.05) is 24.4 Å². The summed E-state index contributed by atoms with van der Waals surface area (Å²) in [5, 5.41) is 11.1. The molecule has 0 unspecified atom stereocenters. The van der Waals surface area contributed by atoms with Crippen LogP contribution in [-0.2, 0) is 16.1 Å². The molecule has 0 radical (unpaired) electrons. The van der Waals surface area contributed by atoms with Crippen LogP contribution in [0.2, 0.25) is 0 Å². The maximum absolute atomic E-state index is 12.3. The molecule has 10 nitrogen and oxygen atoms in total. The van der Waals surface area contributed by atoms with Crippen molar-refractivity contribution in [2.45, 2.75) is 13.5 Å². The van der Waals surface area contributed by atoms with Crippen molar-refractivity contribution in [3.63, 3.8) is 0 Å². The fourth-order valence-corrected chi connectivity index (χ4v) is 2.63. The molecule has 0 aliphatic rings. The molecule has 3 rings (SSSR count). The Bertz CT molecular complexity index is 1200. The van der Waals surface area contributed by atoms with E-state index in [0.717, 1.165) is 30.9 Å². The van der Waals surface area contributed by atoms with E-state index in [4.69, 9.17) is 4.74 Å². The molecular weight excluding hydrogens is 382 g/mol. The zero-order chi connectivity index (χ0) is 21.1. The van der Waals surface area contributed by atoms with Crippen LogP contribution in [0.25, 0.3) is 5.65 Å².